The van der Waals surface area contributed by atoms with E-state index in [0.29, 0.717) is 24.5 Å². The number of fused-ring (bicyclic) bond motifs is 4. The van der Waals surface area contributed by atoms with Crippen LogP contribution in [0.4, 0.5) is 5.69 Å². The summed E-state index contributed by atoms with van der Waals surface area (Å²) in [6.45, 7) is 8.02. The van der Waals surface area contributed by atoms with Crippen LogP contribution in [0.3, 0.4) is 0 Å². The highest BCUT2D eigenvalue weighted by Gasteiger charge is 2.41. The van der Waals surface area contributed by atoms with Crippen LogP contribution in [0.15, 0.2) is 60.2 Å². The van der Waals surface area contributed by atoms with E-state index in [9.17, 15) is 9.59 Å². The zero-order valence-corrected chi connectivity index (χ0v) is 20.0. The molecule has 5 rings (SSSR count). The smallest absolute Gasteiger partial charge is 0.308 e. The summed E-state index contributed by atoms with van der Waals surface area (Å²) in [6.07, 6.45) is 1.34. The average molecular weight is 456 g/mol. The lowest BCUT2D eigenvalue weighted by Gasteiger charge is -2.40. The molecule has 0 amide bonds. The first-order valence-corrected chi connectivity index (χ1v) is 11.8. The van der Waals surface area contributed by atoms with E-state index in [4.69, 9.17) is 9.47 Å². The predicted octanol–water partition coefficient (Wildman–Crippen LogP) is 6.47. The van der Waals surface area contributed by atoms with Gasteiger partial charge in [-0.3, -0.25) is 9.59 Å². The minimum atomic E-state index is -0.403. The van der Waals surface area contributed by atoms with Gasteiger partial charge in [-0.2, -0.15) is 0 Å². The molecule has 0 bridgehead atoms. The molecule has 5 nitrogen and oxygen atoms in total. The molecule has 1 aliphatic carbocycles. The van der Waals surface area contributed by atoms with Gasteiger partial charge in [0.1, 0.15) is 0 Å². The van der Waals surface area contributed by atoms with Gasteiger partial charge in [-0.25, -0.2) is 0 Å². The average Bonchev–Trinajstić information content (AvgIpc) is 2.78. The number of rotatable bonds is 4. The fourth-order valence-electron chi connectivity index (χ4n) is 5.30. The Morgan fingerprint density at radius 2 is 1.85 bits per heavy atom. The van der Waals surface area contributed by atoms with Crippen LogP contribution in [0.25, 0.3) is 16.3 Å². The van der Waals surface area contributed by atoms with Crippen LogP contribution in [-0.2, 0) is 9.59 Å². The summed E-state index contributed by atoms with van der Waals surface area (Å²) in [5.41, 5.74) is 4.90. The van der Waals surface area contributed by atoms with Gasteiger partial charge in [0.25, 0.3) is 0 Å². The lowest BCUT2D eigenvalue weighted by molar-refractivity contribution is -0.132. The Hall–Kier alpha value is -3.60. The Labute approximate surface area is 199 Å². The third kappa shape index (κ3) is 3.85. The summed E-state index contributed by atoms with van der Waals surface area (Å²) in [5.74, 6) is 0.641. The predicted molar refractivity (Wildman–Crippen MR) is 134 cm³/mol. The second-order valence-corrected chi connectivity index (χ2v) is 9.85. The number of nitrogens with one attached hydrogen (secondary N) is 1. The maximum Gasteiger partial charge on any atom is 0.308 e. The van der Waals surface area contributed by atoms with Crippen LogP contribution < -0.4 is 14.8 Å². The molecule has 3 aromatic rings. The van der Waals surface area contributed by atoms with E-state index in [1.807, 2.05) is 31.2 Å². The van der Waals surface area contributed by atoms with Crippen LogP contribution in [0, 0.1) is 5.41 Å². The van der Waals surface area contributed by atoms with Crippen molar-refractivity contribution in [2.24, 2.45) is 5.41 Å². The molecule has 0 saturated heterocycles. The highest BCUT2D eigenvalue weighted by atomic mass is 16.6. The van der Waals surface area contributed by atoms with Gasteiger partial charge >= 0.3 is 5.97 Å². The summed E-state index contributed by atoms with van der Waals surface area (Å²) in [6, 6.07) is 17.8. The second kappa shape index (κ2) is 8.32. The molecule has 0 fully saturated rings. The minimum absolute atomic E-state index is 0.109. The number of benzene rings is 3. The number of hydrogen-bond donors (Lipinski definition) is 1. The van der Waals surface area contributed by atoms with Crippen molar-refractivity contribution in [2.45, 2.75) is 46.6 Å². The van der Waals surface area contributed by atoms with Crippen molar-refractivity contribution in [3.8, 4) is 11.5 Å². The van der Waals surface area contributed by atoms with E-state index in [1.165, 1.54) is 6.92 Å². The normalized spacial score (nSPS) is 18.7. The van der Waals surface area contributed by atoms with E-state index in [0.717, 1.165) is 45.2 Å². The van der Waals surface area contributed by atoms with Crippen LogP contribution in [0.2, 0.25) is 0 Å². The third-order valence-electron chi connectivity index (χ3n) is 6.59. The Balaban J connectivity index is 1.71. The van der Waals surface area contributed by atoms with Gasteiger partial charge in [0, 0.05) is 30.2 Å². The summed E-state index contributed by atoms with van der Waals surface area (Å²) in [7, 11) is 0. The van der Waals surface area contributed by atoms with Gasteiger partial charge in [-0.05, 0) is 58.9 Å². The molecule has 1 aliphatic heterocycles. The quantitative estimate of drug-likeness (QED) is 0.361. The molecule has 0 radical (unpaired) electrons. The van der Waals surface area contributed by atoms with E-state index in [-0.39, 0.29) is 17.2 Å². The molecule has 2 aliphatic rings. The second-order valence-electron chi connectivity index (χ2n) is 9.85. The fourth-order valence-corrected chi connectivity index (χ4v) is 5.30. The standard InChI is InChI=1S/C29H29NO4/c1-5-33-25-14-19(11-13-24(25)34-17(2)31)28-27-21(15-29(3,4)16-23(27)32)26-20-9-7-6-8-18(20)10-12-22(26)30-28/h6-14,28,30H,5,15-16H2,1-4H3. The molecule has 1 atom stereocenters. The maximum absolute atomic E-state index is 13.6. The van der Waals surface area contributed by atoms with Crippen LogP contribution >= 0.6 is 0 Å². The number of allylic oxidation sites excluding steroid dienone is 1. The molecule has 1 N–H and O–H groups in total. The third-order valence-corrected chi connectivity index (χ3v) is 6.59. The molecule has 34 heavy (non-hydrogen) atoms. The molecule has 174 valence electrons. The number of anilines is 1. The van der Waals surface area contributed by atoms with E-state index in [2.05, 4.69) is 43.4 Å². The molecule has 0 aromatic heterocycles. The zero-order valence-electron chi connectivity index (χ0n) is 20.0. The molecule has 0 spiro atoms. The number of carbonyl (C=O) groups excluding carboxylic acids is 2. The largest absolute Gasteiger partial charge is 0.490 e. The number of ether oxygens (including phenoxy) is 2. The molecule has 0 saturated carbocycles. The summed E-state index contributed by atoms with van der Waals surface area (Å²) in [5, 5.41) is 5.97. The van der Waals surface area contributed by atoms with E-state index >= 15 is 0 Å². The Bertz CT molecular complexity index is 1350. The SMILES string of the molecule is CCOc1cc(C2Nc3ccc4ccccc4c3C3=C2C(=O)CC(C)(C)C3)ccc1OC(C)=O. The number of ketones is 1. The van der Waals surface area contributed by atoms with Gasteiger partial charge in [0.2, 0.25) is 0 Å². The lowest BCUT2D eigenvalue weighted by atomic mass is 9.68. The van der Waals surface area contributed by atoms with Crippen molar-refractivity contribution in [2.75, 3.05) is 11.9 Å². The number of hydrogen-bond acceptors (Lipinski definition) is 5. The Morgan fingerprint density at radius 1 is 1.06 bits per heavy atom. The van der Waals surface area contributed by atoms with Crippen molar-refractivity contribution in [3.63, 3.8) is 0 Å². The van der Waals surface area contributed by atoms with E-state index in [1.54, 1.807) is 6.07 Å². The zero-order chi connectivity index (χ0) is 24.0. The summed E-state index contributed by atoms with van der Waals surface area (Å²) < 4.78 is 11.1. The molecule has 1 heterocycles. The van der Waals surface area contributed by atoms with Gasteiger partial charge in [-0.15, -0.1) is 0 Å². The van der Waals surface area contributed by atoms with Gasteiger partial charge < -0.3 is 14.8 Å². The molecule has 1 unspecified atom stereocenters. The molecule has 3 aromatic carbocycles. The first-order valence-electron chi connectivity index (χ1n) is 11.8. The monoisotopic (exact) mass is 455 g/mol. The maximum atomic E-state index is 13.6. The molecular weight excluding hydrogens is 426 g/mol. The number of esters is 1. The van der Waals surface area contributed by atoms with Crippen LogP contribution in [-0.4, -0.2) is 18.4 Å². The van der Waals surface area contributed by atoms with Crippen molar-refractivity contribution in [1.29, 1.82) is 0 Å². The van der Waals surface area contributed by atoms with Gasteiger partial charge in [0.15, 0.2) is 17.3 Å². The minimum Gasteiger partial charge on any atom is -0.490 e. The van der Waals surface area contributed by atoms with Crippen LogP contribution in [0.1, 0.15) is 57.7 Å². The highest BCUT2D eigenvalue weighted by molar-refractivity contribution is 6.12. The van der Waals surface area contributed by atoms with Crippen molar-refractivity contribution in [1.82, 2.24) is 0 Å². The van der Waals surface area contributed by atoms with E-state index < -0.39 is 5.97 Å². The van der Waals surface area contributed by atoms with Crippen molar-refractivity contribution >= 4 is 33.8 Å². The first-order chi connectivity index (χ1) is 16.3. The van der Waals surface area contributed by atoms with Gasteiger partial charge in [-0.1, -0.05) is 50.2 Å². The highest BCUT2D eigenvalue weighted by Crippen LogP contribution is 2.52. The first kappa shape index (κ1) is 22.2. The number of Topliss-reactive ketones (excluding diaryl/α,β-unsaturated/α-hetero) is 1. The summed E-state index contributed by atoms with van der Waals surface area (Å²) in [4.78, 5) is 25.1. The topological polar surface area (TPSA) is 64.6 Å². The number of carbonyl (C=O) groups is 2. The van der Waals surface area contributed by atoms with Crippen LogP contribution in [0.5, 0.6) is 11.5 Å². The summed E-state index contributed by atoms with van der Waals surface area (Å²) >= 11 is 0. The Kier molecular flexibility index (Phi) is 5.43. The van der Waals surface area contributed by atoms with Crippen molar-refractivity contribution in [3.05, 3.63) is 71.3 Å². The molecule has 5 heteroatoms. The lowest BCUT2D eigenvalue weighted by Crippen LogP contribution is -2.33. The fraction of sp³-hybridized carbons (Fsp3) is 0.310. The Morgan fingerprint density at radius 3 is 2.62 bits per heavy atom. The molecular formula is C29H29NO4. The van der Waals surface area contributed by atoms with Crippen molar-refractivity contribution < 1.29 is 19.1 Å². The van der Waals surface area contributed by atoms with Gasteiger partial charge in [0.05, 0.1) is 12.6 Å².